The molecule has 1 saturated heterocycles. The molecule has 2 aromatic heterocycles. The number of imide groups is 1. The van der Waals surface area contributed by atoms with Crippen molar-refractivity contribution in [3.8, 4) is 0 Å². The number of carbonyl (C=O) groups is 2. The first-order valence-corrected chi connectivity index (χ1v) is 7.03. The molecule has 1 aliphatic rings. The van der Waals surface area contributed by atoms with E-state index in [2.05, 4.69) is 30.3 Å². The molecular formula is C15H18N4O2. The van der Waals surface area contributed by atoms with E-state index in [1.54, 1.807) is 11.1 Å². The van der Waals surface area contributed by atoms with Crippen molar-refractivity contribution < 1.29 is 9.59 Å². The summed E-state index contributed by atoms with van der Waals surface area (Å²) in [6, 6.07) is 1.60. The Morgan fingerprint density at radius 2 is 2.10 bits per heavy atom. The third kappa shape index (κ3) is 2.26. The third-order valence-corrected chi connectivity index (χ3v) is 3.82. The lowest BCUT2D eigenvalue weighted by Crippen LogP contribution is -2.49. The number of aromatic nitrogens is 2. The van der Waals surface area contributed by atoms with Gasteiger partial charge < -0.3 is 4.57 Å². The number of hydrogen-bond donors (Lipinski definition) is 1. The highest BCUT2D eigenvalue weighted by Crippen LogP contribution is 2.29. The van der Waals surface area contributed by atoms with Crippen LogP contribution >= 0.6 is 0 Å². The first-order valence-electron chi connectivity index (χ1n) is 7.03. The van der Waals surface area contributed by atoms with E-state index in [1.807, 2.05) is 17.7 Å². The van der Waals surface area contributed by atoms with Crippen LogP contribution in [0.5, 0.6) is 0 Å². The standard InChI is InChI=1S/C15H18N4O2/c1-9(2)12-8-18(3)14-11(12)6-10(7-16-14)19-5-4-13(20)17-15(19)21/h6-9H,4-5H2,1-3H3,(H,17,20,21). The van der Waals surface area contributed by atoms with Crippen molar-refractivity contribution in [3.63, 3.8) is 0 Å². The van der Waals surface area contributed by atoms with Crippen LogP contribution in [0.25, 0.3) is 11.0 Å². The molecule has 6 nitrogen and oxygen atoms in total. The van der Waals surface area contributed by atoms with Crippen molar-refractivity contribution in [1.82, 2.24) is 14.9 Å². The van der Waals surface area contributed by atoms with Gasteiger partial charge in [0.2, 0.25) is 5.91 Å². The minimum atomic E-state index is -0.380. The van der Waals surface area contributed by atoms with Gasteiger partial charge in [-0.25, -0.2) is 9.78 Å². The SMILES string of the molecule is CC(C)c1cn(C)c2ncc(N3CCC(=O)NC3=O)cc12. The van der Waals surface area contributed by atoms with Crippen molar-refractivity contribution in [1.29, 1.82) is 0 Å². The van der Waals surface area contributed by atoms with Gasteiger partial charge in [-0.15, -0.1) is 0 Å². The number of amides is 3. The average molecular weight is 286 g/mol. The molecule has 0 spiro atoms. The predicted molar refractivity (Wildman–Crippen MR) is 80.3 cm³/mol. The molecular weight excluding hydrogens is 268 g/mol. The minimum Gasteiger partial charge on any atom is -0.335 e. The summed E-state index contributed by atoms with van der Waals surface area (Å²) in [6.45, 7) is 4.66. The highest BCUT2D eigenvalue weighted by Gasteiger charge is 2.25. The van der Waals surface area contributed by atoms with E-state index in [0.29, 0.717) is 18.9 Å². The van der Waals surface area contributed by atoms with E-state index in [-0.39, 0.29) is 11.9 Å². The van der Waals surface area contributed by atoms with Gasteiger partial charge >= 0.3 is 6.03 Å². The molecule has 1 N–H and O–H groups in total. The molecule has 110 valence electrons. The fourth-order valence-electron chi connectivity index (χ4n) is 2.70. The van der Waals surface area contributed by atoms with E-state index in [0.717, 1.165) is 16.7 Å². The highest BCUT2D eigenvalue weighted by atomic mass is 16.2. The van der Waals surface area contributed by atoms with Crippen LogP contribution in [0.4, 0.5) is 10.5 Å². The summed E-state index contributed by atoms with van der Waals surface area (Å²) in [7, 11) is 1.97. The lowest BCUT2D eigenvalue weighted by molar-refractivity contribution is -0.120. The fraction of sp³-hybridized carbons (Fsp3) is 0.400. The average Bonchev–Trinajstić information content (AvgIpc) is 2.76. The summed E-state index contributed by atoms with van der Waals surface area (Å²) in [4.78, 5) is 29.2. The molecule has 3 rings (SSSR count). The number of aryl methyl sites for hydroxylation is 1. The summed E-state index contributed by atoms with van der Waals surface area (Å²) in [5.41, 5.74) is 2.83. The fourth-order valence-corrected chi connectivity index (χ4v) is 2.70. The maximum Gasteiger partial charge on any atom is 0.328 e. The van der Waals surface area contributed by atoms with Crippen LogP contribution in [0.3, 0.4) is 0 Å². The van der Waals surface area contributed by atoms with Gasteiger partial charge in [-0.3, -0.25) is 15.0 Å². The number of pyridine rings is 1. The van der Waals surface area contributed by atoms with Crippen molar-refractivity contribution >= 4 is 28.7 Å². The molecule has 21 heavy (non-hydrogen) atoms. The van der Waals surface area contributed by atoms with Gasteiger partial charge in [0.1, 0.15) is 5.65 Å². The third-order valence-electron chi connectivity index (χ3n) is 3.82. The molecule has 3 heterocycles. The Kier molecular flexibility index (Phi) is 3.16. The predicted octanol–water partition coefficient (Wildman–Crippen LogP) is 2.14. The Balaban J connectivity index is 2.06. The number of fused-ring (bicyclic) bond motifs is 1. The van der Waals surface area contributed by atoms with Gasteiger partial charge in [-0.2, -0.15) is 0 Å². The van der Waals surface area contributed by atoms with Crippen molar-refractivity contribution in [2.45, 2.75) is 26.2 Å². The van der Waals surface area contributed by atoms with E-state index >= 15 is 0 Å². The lowest BCUT2D eigenvalue weighted by atomic mass is 10.0. The molecule has 0 bridgehead atoms. The zero-order valence-corrected chi connectivity index (χ0v) is 12.4. The second-order valence-electron chi connectivity index (χ2n) is 5.67. The van der Waals surface area contributed by atoms with E-state index in [4.69, 9.17) is 0 Å². The molecule has 0 unspecified atom stereocenters. The Morgan fingerprint density at radius 1 is 1.33 bits per heavy atom. The van der Waals surface area contributed by atoms with Gasteiger partial charge in [0.15, 0.2) is 0 Å². The zero-order chi connectivity index (χ0) is 15.1. The summed E-state index contributed by atoms with van der Waals surface area (Å²) in [5.74, 6) is 0.148. The van der Waals surface area contributed by atoms with Crippen LogP contribution in [-0.4, -0.2) is 28.0 Å². The quantitative estimate of drug-likeness (QED) is 0.919. The van der Waals surface area contributed by atoms with E-state index < -0.39 is 0 Å². The topological polar surface area (TPSA) is 67.2 Å². The first-order chi connectivity index (χ1) is 9.97. The molecule has 1 aliphatic heterocycles. The first kappa shape index (κ1) is 13.6. The number of urea groups is 1. The molecule has 0 radical (unpaired) electrons. The van der Waals surface area contributed by atoms with Gasteiger partial charge in [0.05, 0.1) is 11.9 Å². The van der Waals surface area contributed by atoms with E-state index in [1.165, 1.54) is 5.56 Å². The van der Waals surface area contributed by atoms with Crippen LogP contribution in [0.15, 0.2) is 18.5 Å². The second-order valence-corrected chi connectivity index (χ2v) is 5.67. The van der Waals surface area contributed by atoms with Crippen LogP contribution in [0.2, 0.25) is 0 Å². The zero-order valence-electron chi connectivity index (χ0n) is 12.4. The Bertz CT molecular complexity index is 733. The molecule has 0 atom stereocenters. The van der Waals surface area contributed by atoms with Gasteiger partial charge in [0.25, 0.3) is 0 Å². The number of hydrogen-bond acceptors (Lipinski definition) is 3. The van der Waals surface area contributed by atoms with Gasteiger partial charge in [-0.05, 0) is 17.5 Å². The monoisotopic (exact) mass is 286 g/mol. The molecule has 0 saturated carbocycles. The lowest BCUT2D eigenvalue weighted by Gasteiger charge is -2.26. The summed E-state index contributed by atoms with van der Waals surface area (Å²) < 4.78 is 1.99. The molecule has 3 amide bonds. The maximum atomic E-state index is 11.9. The summed E-state index contributed by atoms with van der Waals surface area (Å²) in [6.07, 6.45) is 4.07. The number of carbonyl (C=O) groups excluding carboxylic acids is 2. The molecule has 6 heteroatoms. The highest BCUT2D eigenvalue weighted by molar-refractivity contribution is 6.06. The van der Waals surface area contributed by atoms with E-state index in [9.17, 15) is 9.59 Å². The Labute approximate surface area is 122 Å². The summed E-state index contributed by atoms with van der Waals surface area (Å²) in [5, 5.41) is 3.38. The normalized spacial score (nSPS) is 15.9. The number of nitrogens with one attached hydrogen (secondary N) is 1. The Hall–Kier alpha value is -2.37. The van der Waals surface area contributed by atoms with Crippen LogP contribution in [-0.2, 0) is 11.8 Å². The molecule has 0 aromatic carbocycles. The van der Waals surface area contributed by atoms with Gasteiger partial charge in [0, 0.05) is 31.6 Å². The van der Waals surface area contributed by atoms with Crippen LogP contribution in [0.1, 0.15) is 31.7 Å². The maximum absolute atomic E-state index is 11.9. The largest absolute Gasteiger partial charge is 0.335 e. The summed E-state index contributed by atoms with van der Waals surface area (Å²) >= 11 is 0. The number of anilines is 1. The smallest absolute Gasteiger partial charge is 0.328 e. The molecule has 1 fully saturated rings. The number of nitrogens with zero attached hydrogens (tertiary/aromatic N) is 3. The molecule has 2 aromatic rings. The number of rotatable bonds is 2. The van der Waals surface area contributed by atoms with Crippen molar-refractivity contribution in [2.75, 3.05) is 11.4 Å². The molecule has 0 aliphatic carbocycles. The van der Waals surface area contributed by atoms with Crippen molar-refractivity contribution in [3.05, 3.63) is 24.0 Å². The van der Waals surface area contributed by atoms with Crippen LogP contribution in [0, 0.1) is 0 Å². The van der Waals surface area contributed by atoms with Gasteiger partial charge in [-0.1, -0.05) is 13.8 Å². The Morgan fingerprint density at radius 3 is 2.76 bits per heavy atom. The van der Waals surface area contributed by atoms with Crippen molar-refractivity contribution in [2.24, 2.45) is 7.05 Å². The van der Waals surface area contributed by atoms with Crippen LogP contribution < -0.4 is 10.2 Å². The minimum absolute atomic E-state index is 0.229. The second kappa shape index (κ2) is 4.87.